The van der Waals surface area contributed by atoms with Gasteiger partial charge in [-0.1, -0.05) is 0 Å². The number of thiophene rings is 1. The predicted molar refractivity (Wildman–Crippen MR) is 82.9 cm³/mol. The van der Waals surface area contributed by atoms with Gasteiger partial charge in [-0.2, -0.15) is 0 Å². The molecule has 1 heterocycles. The lowest BCUT2D eigenvalue weighted by Gasteiger charge is -2.07. The summed E-state index contributed by atoms with van der Waals surface area (Å²) < 4.78 is 0. The minimum atomic E-state index is -0.551. The molecule has 0 bridgehead atoms. The topological polar surface area (TPSA) is 84.3 Å². The summed E-state index contributed by atoms with van der Waals surface area (Å²) in [5.74, 6) is -0.452. The highest BCUT2D eigenvalue weighted by atomic mass is 32.1. The molecule has 0 aliphatic heterocycles. The molecular weight excluding hydrogens is 290 g/mol. The van der Waals surface area contributed by atoms with Crippen molar-refractivity contribution in [2.45, 2.75) is 13.5 Å². The van der Waals surface area contributed by atoms with Crippen molar-refractivity contribution < 1.29 is 9.72 Å². The van der Waals surface area contributed by atoms with Crippen molar-refractivity contribution >= 4 is 28.6 Å². The van der Waals surface area contributed by atoms with Crippen molar-refractivity contribution in [2.75, 3.05) is 12.4 Å². The maximum Gasteiger partial charge on any atom is 0.282 e. The Balaban J connectivity index is 2.21. The lowest BCUT2D eigenvalue weighted by molar-refractivity contribution is -0.385. The molecule has 1 aromatic heterocycles. The number of hydrogen-bond donors (Lipinski definition) is 2. The van der Waals surface area contributed by atoms with Gasteiger partial charge >= 0.3 is 0 Å². The molecule has 7 heteroatoms. The van der Waals surface area contributed by atoms with E-state index in [-0.39, 0.29) is 11.3 Å². The number of anilines is 1. The van der Waals surface area contributed by atoms with E-state index in [1.807, 2.05) is 18.4 Å². The van der Waals surface area contributed by atoms with Crippen LogP contribution in [0.1, 0.15) is 20.8 Å². The summed E-state index contributed by atoms with van der Waals surface area (Å²) in [6.07, 6.45) is 0. The van der Waals surface area contributed by atoms with Gasteiger partial charge in [-0.15, -0.1) is 11.3 Å². The van der Waals surface area contributed by atoms with E-state index in [1.54, 1.807) is 24.5 Å². The number of nitro benzene ring substituents is 1. The summed E-state index contributed by atoms with van der Waals surface area (Å²) in [6, 6.07) is 6.35. The molecule has 1 aromatic carbocycles. The fraction of sp³-hybridized carbons (Fsp3) is 0.214. The highest BCUT2D eigenvalue weighted by molar-refractivity contribution is 7.10. The molecule has 0 atom stereocenters. The van der Waals surface area contributed by atoms with Crippen molar-refractivity contribution in [2.24, 2.45) is 0 Å². The van der Waals surface area contributed by atoms with E-state index < -0.39 is 10.8 Å². The Hall–Kier alpha value is -2.41. The van der Waals surface area contributed by atoms with Gasteiger partial charge in [0.25, 0.3) is 11.6 Å². The zero-order valence-electron chi connectivity index (χ0n) is 11.7. The molecule has 6 nitrogen and oxygen atoms in total. The molecule has 2 N–H and O–H groups in total. The van der Waals surface area contributed by atoms with Crippen LogP contribution >= 0.6 is 11.3 Å². The summed E-state index contributed by atoms with van der Waals surface area (Å²) in [5.41, 5.74) is 1.60. The molecule has 0 saturated heterocycles. The molecule has 21 heavy (non-hydrogen) atoms. The lowest BCUT2D eigenvalue weighted by atomic mass is 10.1. The normalized spacial score (nSPS) is 10.2. The largest absolute Gasteiger partial charge is 0.388 e. The molecule has 0 fully saturated rings. The number of amides is 1. The van der Waals surface area contributed by atoms with Crippen molar-refractivity contribution in [1.82, 2.24) is 5.32 Å². The first-order chi connectivity index (χ1) is 10.0. The number of nitrogens with one attached hydrogen (secondary N) is 2. The van der Waals surface area contributed by atoms with E-state index in [1.165, 1.54) is 12.1 Å². The second-order valence-corrected chi connectivity index (χ2v) is 5.45. The third-order valence-corrected chi connectivity index (χ3v) is 4.13. The third kappa shape index (κ3) is 3.38. The molecule has 1 amide bonds. The van der Waals surface area contributed by atoms with Crippen molar-refractivity contribution in [3.8, 4) is 0 Å². The van der Waals surface area contributed by atoms with Crippen LogP contribution in [0.5, 0.6) is 0 Å². The van der Waals surface area contributed by atoms with Crippen LogP contribution in [-0.2, 0) is 6.54 Å². The van der Waals surface area contributed by atoms with Crippen LogP contribution in [0.15, 0.2) is 29.6 Å². The van der Waals surface area contributed by atoms with Gasteiger partial charge in [-0.05, 0) is 36.1 Å². The van der Waals surface area contributed by atoms with Gasteiger partial charge < -0.3 is 10.6 Å². The van der Waals surface area contributed by atoms with E-state index >= 15 is 0 Å². The molecule has 0 radical (unpaired) electrons. The van der Waals surface area contributed by atoms with Gasteiger partial charge in [0.05, 0.1) is 11.5 Å². The smallest absolute Gasteiger partial charge is 0.282 e. The molecule has 0 aliphatic carbocycles. The van der Waals surface area contributed by atoms with Gasteiger partial charge in [-0.25, -0.2) is 0 Å². The Morgan fingerprint density at radius 3 is 2.71 bits per heavy atom. The molecule has 110 valence electrons. The highest BCUT2D eigenvalue weighted by Gasteiger charge is 2.20. The monoisotopic (exact) mass is 305 g/mol. The van der Waals surface area contributed by atoms with Crippen LogP contribution < -0.4 is 10.6 Å². The summed E-state index contributed by atoms with van der Waals surface area (Å²) in [7, 11) is 1.69. The summed E-state index contributed by atoms with van der Waals surface area (Å²) in [6.45, 7) is 2.32. The zero-order valence-corrected chi connectivity index (χ0v) is 12.5. The second kappa shape index (κ2) is 6.36. The fourth-order valence-corrected chi connectivity index (χ4v) is 2.72. The lowest BCUT2D eigenvalue weighted by Crippen LogP contribution is -2.23. The van der Waals surface area contributed by atoms with Crippen molar-refractivity contribution in [1.29, 1.82) is 0 Å². The summed E-state index contributed by atoms with van der Waals surface area (Å²) in [5, 5.41) is 18.6. The van der Waals surface area contributed by atoms with Crippen LogP contribution in [0.3, 0.4) is 0 Å². The van der Waals surface area contributed by atoms with Crippen LogP contribution in [0, 0.1) is 17.0 Å². The number of benzene rings is 1. The number of hydrogen-bond acceptors (Lipinski definition) is 5. The van der Waals surface area contributed by atoms with Gasteiger partial charge in [-0.3, -0.25) is 14.9 Å². The third-order valence-electron chi connectivity index (χ3n) is 3.10. The standard InChI is InChI=1S/C14H15N3O3S/c1-9-5-6-21-13(9)8-16-14(18)11-7-10(15-2)3-4-12(11)17(19)20/h3-7,15H,8H2,1-2H3,(H,16,18). The van der Waals surface area contributed by atoms with Gasteiger partial charge in [0.2, 0.25) is 0 Å². The van der Waals surface area contributed by atoms with Gasteiger partial charge in [0.1, 0.15) is 5.56 Å². The maximum absolute atomic E-state index is 12.2. The quantitative estimate of drug-likeness (QED) is 0.657. The molecule has 2 aromatic rings. The number of nitro groups is 1. The van der Waals surface area contributed by atoms with Crippen LogP contribution in [0.4, 0.5) is 11.4 Å². The summed E-state index contributed by atoms with van der Waals surface area (Å²) in [4.78, 5) is 23.7. The maximum atomic E-state index is 12.2. The zero-order chi connectivity index (χ0) is 15.4. The Morgan fingerprint density at radius 1 is 1.38 bits per heavy atom. The molecule has 0 saturated carbocycles. The van der Waals surface area contributed by atoms with Gasteiger partial charge in [0.15, 0.2) is 0 Å². The predicted octanol–water partition coefficient (Wildman–Crippen LogP) is 2.94. The first kappa shape index (κ1) is 15.0. The number of rotatable bonds is 5. The first-order valence-electron chi connectivity index (χ1n) is 6.30. The Kier molecular flexibility index (Phi) is 4.54. The Morgan fingerprint density at radius 2 is 2.14 bits per heavy atom. The average Bonchev–Trinajstić information content (AvgIpc) is 2.89. The number of carbonyl (C=O) groups excluding carboxylic acids is 1. The van der Waals surface area contributed by atoms with Gasteiger partial charge in [0, 0.05) is 23.7 Å². The highest BCUT2D eigenvalue weighted by Crippen LogP contribution is 2.23. The molecule has 0 unspecified atom stereocenters. The van der Waals surface area contributed by atoms with Crippen molar-refractivity contribution in [3.63, 3.8) is 0 Å². The number of carbonyl (C=O) groups is 1. The van der Waals surface area contributed by atoms with E-state index in [0.717, 1.165) is 10.4 Å². The van der Waals surface area contributed by atoms with Crippen LogP contribution in [0.25, 0.3) is 0 Å². The van der Waals surface area contributed by atoms with E-state index in [0.29, 0.717) is 12.2 Å². The minimum Gasteiger partial charge on any atom is -0.388 e. The molecule has 2 rings (SSSR count). The van der Waals surface area contributed by atoms with E-state index in [2.05, 4.69) is 10.6 Å². The molecule has 0 spiro atoms. The number of aryl methyl sites for hydroxylation is 1. The molecular formula is C14H15N3O3S. The van der Waals surface area contributed by atoms with Crippen molar-refractivity contribution in [3.05, 3.63) is 55.8 Å². The number of nitrogens with zero attached hydrogens (tertiary/aromatic N) is 1. The van der Waals surface area contributed by atoms with Crippen LogP contribution in [0.2, 0.25) is 0 Å². The first-order valence-corrected chi connectivity index (χ1v) is 7.18. The minimum absolute atomic E-state index is 0.0565. The fourth-order valence-electron chi connectivity index (χ4n) is 1.87. The van der Waals surface area contributed by atoms with Crippen LogP contribution in [-0.4, -0.2) is 17.9 Å². The molecule has 0 aliphatic rings. The van der Waals surface area contributed by atoms with E-state index in [4.69, 9.17) is 0 Å². The second-order valence-electron chi connectivity index (χ2n) is 4.45. The average molecular weight is 305 g/mol. The van der Waals surface area contributed by atoms with E-state index in [9.17, 15) is 14.9 Å². The Bertz CT molecular complexity index is 682. The SMILES string of the molecule is CNc1ccc([N+](=O)[O-])c(C(=O)NCc2sccc2C)c1. The summed E-state index contributed by atoms with van der Waals surface area (Å²) >= 11 is 1.54. The Labute approximate surface area is 126 Å².